The van der Waals surface area contributed by atoms with E-state index in [-0.39, 0.29) is 17.9 Å². The number of carbonyl (C=O) groups excluding carboxylic acids is 2. The van der Waals surface area contributed by atoms with Crippen LogP contribution in [0.3, 0.4) is 0 Å². The lowest BCUT2D eigenvalue weighted by Gasteiger charge is -2.36. The van der Waals surface area contributed by atoms with Gasteiger partial charge in [0.05, 0.1) is 21.5 Å². The second-order valence-corrected chi connectivity index (χ2v) is 9.03. The van der Waals surface area contributed by atoms with E-state index in [0.717, 1.165) is 49.8 Å². The molecule has 4 nitrogen and oxygen atoms in total. The van der Waals surface area contributed by atoms with Gasteiger partial charge in [-0.05, 0) is 63.1 Å². The number of ether oxygens (including phenoxy) is 1. The van der Waals surface area contributed by atoms with Crippen LogP contribution in [0.25, 0.3) is 0 Å². The number of rotatable bonds is 3. The van der Waals surface area contributed by atoms with Crippen molar-refractivity contribution in [3.63, 3.8) is 0 Å². The summed E-state index contributed by atoms with van der Waals surface area (Å²) in [5.41, 5.74) is 2.80. The van der Waals surface area contributed by atoms with Crippen molar-refractivity contribution in [1.82, 2.24) is 0 Å². The van der Waals surface area contributed by atoms with E-state index in [1.165, 1.54) is 6.42 Å². The molecule has 1 aromatic rings. The summed E-state index contributed by atoms with van der Waals surface area (Å²) in [5, 5.41) is 0.858. The molecule has 4 rings (SSSR count). The van der Waals surface area contributed by atoms with E-state index in [2.05, 4.69) is 4.99 Å². The van der Waals surface area contributed by atoms with Gasteiger partial charge in [-0.1, -0.05) is 35.7 Å². The average Bonchev–Trinajstić information content (AvgIpc) is 2.70. The Morgan fingerprint density at radius 1 is 1.03 bits per heavy atom. The van der Waals surface area contributed by atoms with Crippen LogP contribution in [0, 0.1) is 5.92 Å². The number of ketones is 1. The van der Waals surface area contributed by atoms with Crippen molar-refractivity contribution >= 4 is 40.7 Å². The molecule has 0 radical (unpaired) electrons. The number of carbonyl (C=O) groups is 2. The maximum atomic E-state index is 13.3. The minimum Gasteiger partial charge on any atom is -0.459 e. The molecule has 2 atom stereocenters. The van der Waals surface area contributed by atoms with Gasteiger partial charge in [0.1, 0.15) is 11.9 Å². The molecule has 1 aromatic carbocycles. The highest BCUT2D eigenvalue weighted by molar-refractivity contribution is 6.42. The van der Waals surface area contributed by atoms with E-state index in [4.69, 9.17) is 27.9 Å². The molecule has 3 aliphatic rings. The van der Waals surface area contributed by atoms with Gasteiger partial charge >= 0.3 is 5.97 Å². The highest BCUT2D eigenvalue weighted by Gasteiger charge is 2.44. The van der Waals surface area contributed by atoms with Gasteiger partial charge in [0.25, 0.3) is 0 Å². The first-order chi connectivity index (χ1) is 14.0. The fourth-order valence-electron chi connectivity index (χ4n) is 4.85. The van der Waals surface area contributed by atoms with Crippen LogP contribution >= 0.6 is 23.2 Å². The number of esters is 1. The summed E-state index contributed by atoms with van der Waals surface area (Å²) in [5.74, 6) is -1.09. The topological polar surface area (TPSA) is 55.7 Å². The molecule has 0 bridgehead atoms. The lowest BCUT2D eigenvalue weighted by Crippen LogP contribution is -2.39. The monoisotopic (exact) mass is 433 g/mol. The van der Waals surface area contributed by atoms with Crippen LogP contribution in [-0.2, 0) is 14.3 Å². The largest absolute Gasteiger partial charge is 0.459 e. The number of Topliss-reactive ketones (excluding diaryl/α,β-unsaturated/α-hetero) is 1. The zero-order valence-corrected chi connectivity index (χ0v) is 18.1. The second-order valence-electron chi connectivity index (χ2n) is 8.22. The van der Waals surface area contributed by atoms with Crippen LogP contribution in [0.15, 0.2) is 34.5 Å². The average molecular weight is 434 g/mol. The molecule has 0 amide bonds. The molecule has 29 heavy (non-hydrogen) atoms. The first-order valence-electron chi connectivity index (χ1n) is 10.4. The second kappa shape index (κ2) is 8.61. The molecule has 2 fully saturated rings. The Labute approximate surface area is 181 Å². The third-order valence-electron chi connectivity index (χ3n) is 6.26. The van der Waals surface area contributed by atoms with Gasteiger partial charge in [0.15, 0.2) is 0 Å². The Morgan fingerprint density at radius 3 is 2.52 bits per heavy atom. The molecule has 2 saturated carbocycles. The molecule has 2 unspecified atom stereocenters. The van der Waals surface area contributed by atoms with Crippen molar-refractivity contribution in [2.45, 2.75) is 70.3 Å². The minimum atomic E-state index is -0.432. The van der Waals surface area contributed by atoms with Crippen LogP contribution < -0.4 is 0 Å². The van der Waals surface area contributed by atoms with Gasteiger partial charge < -0.3 is 4.74 Å². The standard InChI is InChI=1S/C23H25Cl2NO3/c1-13-20(23(28)29-15-6-3-2-4-7-15)21(14-10-11-16(24)17(25)12-14)22-18(26-13)8-5-9-19(22)27/h10-12,15,21-22H,2-9H2,1H3. The van der Waals surface area contributed by atoms with Gasteiger partial charge in [-0.3, -0.25) is 9.79 Å². The van der Waals surface area contributed by atoms with Crippen LogP contribution in [0.2, 0.25) is 10.0 Å². The lowest BCUT2D eigenvalue weighted by atomic mass is 9.69. The summed E-state index contributed by atoms with van der Waals surface area (Å²) in [6.07, 6.45) is 7.16. The smallest absolute Gasteiger partial charge is 0.336 e. The van der Waals surface area contributed by atoms with E-state index in [0.29, 0.717) is 27.7 Å². The van der Waals surface area contributed by atoms with Crippen molar-refractivity contribution in [3.8, 4) is 0 Å². The molecule has 1 heterocycles. The van der Waals surface area contributed by atoms with E-state index < -0.39 is 11.8 Å². The Balaban J connectivity index is 1.75. The molecular formula is C23H25Cl2NO3. The van der Waals surface area contributed by atoms with Gasteiger partial charge in [-0.15, -0.1) is 0 Å². The summed E-state index contributed by atoms with van der Waals surface area (Å²) in [6, 6.07) is 5.34. The van der Waals surface area contributed by atoms with Crippen LogP contribution in [0.1, 0.15) is 69.8 Å². The number of fused-ring (bicyclic) bond motifs is 1. The molecular weight excluding hydrogens is 409 g/mol. The fraction of sp³-hybridized carbons (Fsp3) is 0.522. The SMILES string of the molecule is CC1=C(C(=O)OC2CCCCC2)C(c2ccc(Cl)c(Cl)c2)C2C(=O)CCCC2=N1. The van der Waals surface area contributed by atoms with Gasteiger partial charge in [-0.2, -0.15) is 0 Å². The summed E-state index contributed by atoms with van der Waals surface area (Å²) in [6.45, 7) is 1.84. The fourth-order valence-corrected chi connectivity index (χ4v) is 5.16. The number of hydrogen-bond donors (Lipinski definition) is 0. The van der Waals surface area contributed by atoms with Crippen LogP contribution in [0.4, 0.5) is 0 Å². The Kier molecular flexibility index (Phi) is 6.12. The summed E-state index contributed by atoms with van der Waals surface area (Å²) in [4.78, 5) is 30.9. The van der Waals surface area contributed by atoms with E-state index in [1.54, 1.807) is 12.1 Å². The Hall–Kier alpha value is -1.65. The number of benzene rings is 1. The summed E-state index contributed by atoms with van der Waals surface area (Å²) >= 11 is 12.4. The molecule has 0 spiro atoms. The third kappa shape index (κ3) is 4.15. The molecule has 1 aliphatic heterocycles. The van der Waals surface area contributed by atoms with Crippen molar-refractivity contribution < 1.29 is 14.3 Å². The van der Waals surface area contributed by atoms with Gasteiger partial charge in [0.2, 0.25) is 0 Å². The molecule has 0 aromatic heterocycles. The summed E-state index contributed by atoms with van der Waals surface area (Å²) < 4.78 is 5.89. The zero-order chi connectivity index (χ0) is 20.5. The quantitative estimate of drug-likeness (QED) is 0.544. The Morgan fingerprint density at radius 2 is 1.79 bits per heavy atom. The Bertz CT molecular complexity index is 899. The molecule has 0 N–H and O–H groups in total. The number of allylic oxidation sites excluding steroid dienone is 1. The van der Waals surface area contributed by atoms with Crippen molar-refractivity contribution in [1.29, 1.82) is 0 Å². The maximum Gasteiger partial charge on any atom is 0.336 e. The molecule has 2 aliphatic carbocycles. The predicted octanol–water partition coefficient (Wildman–Crippen LogP) is 6.05. The van der Waals surface area contributed by atoms with Crippen LogP contribution in [0.5, 0.6) is 0 Å². The number of nitrogens with zero attached hydrogens (tertiary/aromatic N) is 1. The lowest BCUT2D eigenvalue weighted by molar-refractivity contribution is -0.146. The first kappa shape index (κ1) is 20.6. The summed E-state index contributed by atoms with van der Waals surface area (Å²) in [7, 11) is 0. The number of aliphatic imine (C=N–C) groups is 1. The first-order valence-corrected chi connectivity index (χ1v) is 11.2. The molecule has 0 saturated heterocycles. The van der Waals surface area contributed by atoms with E-state index in [9.17, 15) is 9.59 Å². The van der Waals surface area contributed by atoms with Crippen molar-refractivity contribution in [2.75, 3.05) is 0 Å². The third-order valence-corrected chi connectivity index (χ3v) is 7.00. The van der Waals surface area contributed by atoms with E-state index >= 15 is 0 Å². The molecule has 6 heteroatoms. The van der Waals surface area contributed by atoms with Gasteiger partial charge in [0, 0.05) is 23.7 Å². The van der Waals surface area contributed by atoms with Gasteiger partial charge in [-0.25, -0.2) is 4.79 Å². The maximum absolute atomic E-state index is 13.3. The predicted molar refractivity (Wildman–Crippen MR) is 115 cm³/mol. The highest BCUT2D eigenvalue weighted by atomic mass is 35.5. The molecule has 154 valence electrons. The minimum absolute atomic E-state index is 0.0570. The normalized spacial score (nSPS) is 25.5. The van der Waals surface area contributed by atoms with Crippen LogP contribution in [-0.4, -0.2) is 23.6 Å². The zero-order valence-electron chi connectivity index (χ0n) is 16.5. The van der Waals surface area contributed by atoms with Crippen molar-refractivity contribution in [2.24, 2.45) is 10.9 Å². The number of halogens is 2. The van der Waals surface area contributed by atoms with E-state index in [1.807, 2.05) is 13.0 Å². The highest BCUT2D eigenvalue weighted by Crippen LogP contribution is 2.44. The number of hydrogen-bond acceptors (Lipinski definition) is 4. The van der Waals surface area contributed by atoms with Crippen molar-refractivity contribution in [3.05, 3.63) is 45.1 Å².